The van der Waals surface area contributed by atoms with E-state index in [1.807, 2.05) is 13.0 Å². The summed E-state index contributed by atoms with van der Waals surface area (Å²) in [7, 11) is 0. The van der Waals surface area contributed by atoms with E-state index >= 15 is 0 Å². The van der Waals surface area contributed by atoms with Gasteiger partial charge in [0.05, 0.1) is 34.6 Å². The Morgan fingerprint density at radius 1 is 1.06 bits per heavy atom. The van der Waals surface area contributed by atoms with E-state index in [0.29, 0.717) is 23.6 Å². The molecule has 4 N–H and O–H groups in total. The van der Waals surface area contributed by atoms with Crippen LogP contribution >= 0.6 is 0 Å². The molecule has 1 aromatic carbocycles. The number of ether oxygens (including phenoxy) is 1. The Kier molecular flexibility index (Phi) is 6.84. The molecule has 3 aromatic rings. The summed E-state index contributed by atoms with van der Waals surface area (Å²) in [4.78, 5) is 11.4. The Morgan fingerprint density at radius 3 is 2.42 bits per heavy atom. The Bertz CT molecular complexity index is 2110. The number of allylic oxidation sites excluding steroid dienone is 3. The van der Waals surface area contributed by atoms with Crippen LogP contribution in [0.3, 0.4) is 0 Å². The highest BCUT2D eigenvalue weighted by atomic mass is 16.5. The zero-order chi connectivity index (χ0) is 36.2. The fraction of sp³-hybridized carbons (Fsp3) is 0.558. The average molecular weight is 680 g/mol. The molecule has 2 aromatic heterocycles. The summed E-state index contributed by atoms with van der Waals surface area (Å²) < 4.78 is 8.85. The second-order valence-corrected chi connectivity index (χ2v) is 18.2. The molecule has 50 heavy (non-hydrogen) atoms. The smallest absolute Gasteiger partial charge is 0.328 e. The van der Waals surface area contributed by atoms with Crippen LogP contribution in [0.5, 0.6) is 5.75 Å². The van der Waals surface area contributed by atoms with Gasteiger partial charge in [-0.25, -0.2) is 4.79 Å². The van der Waals surface area contributed by atoms with Crippen molar-refractivity contribution in [3.8, 4) is 5.75 Å². The van der Waals surface area contributed by atoms with Gasteiger partial charge >= 0.3 is 5.97 Å². The highest BCUT2D eigenvalue weighted by molar-refractivity contribution is 6.11. The maximum atomic E-state index is 12.3. The van der Waals surface area contributed by atoms with Crippen molar-refractivity contribution >= 4 is 33.4 Å². The lowest BCUT2D eigenvalue weighted by Gasteiger charge is -2.64. The van der Waals surface area contributed by atoms with Crippen molar-refractivity contribution in [2.75, 3.05) is 0 Å². The Morgan fingerprint density at radius 2 is 1.76 bits per heavy atom. The van der Waals surface area contributed by atoms with Crippen LogP contribution in [0.1, 0.15) is 122 Å². The van der Waals surface area contributed by atoms with Gasteiger partial charge in [0.1, 0.15) is 5.75 Å². The van der Waals surface area contributed by atoms with E-state index in [1.54, 1.807) is 6.92 Å². The van der Waals surface area contributed by atoms with Crippen molar-refractivity contribution in [1.82, 2.24) is 4.40 Å². The standard InChI is InChI=1S/C43H53NO6/c1-21(2)34-37(49)32-31-24(27-20-39(4,5)50-40(6,7)33(27)36(31)48)19-25-26-18-23-11-12-28-41(8,15-13-22(3)17-30(46)47)29(45)14-16-42(28,9)43(23,10)38(26)44(34)35(25)32/h13,15,17,19-20,23,28-29,33,36,45,48-49H,1,11-12,14,16,18H2,2-10H3,(H,46,47)/t23?,28-,29-,33?,36+,41-,42-,43+/m0/s1. The van der Waals surface area contributed by atoms with Crippen molar-refractivity contribution < 1.29 is 30.0 Å². The van der Waals surface area contributed by atoms with Crippen LogP contribution in [0.4, 0.5) is 0 Å². The lowest BCUT2D eigenvalue weighted by Crippen LogP contribution is -2.62. The van der Waals surface area contributed by atoms with Gasteiger partial charge in [0, 0.05) is 44.9 Å². The summed E-state index contributed by atoms with van der Waals surface area (Å²) in [6.45, 7) is 23.4. The molecule has 266 valence electrons. The van der Waals surface area contributed by atoms with Crippen LogP contribution in [0.15, 0.2) is 42.5 Å². The molecule has 2 fully saturated rings. The molecule has 3 heterocycles. The number of aromatic nitrogens is 1. The zero-order valence-electron chi connectivity index (χ0n) is 31.1. The molecule has 0 bridgehead atoms. The summed E-state index contributed by atoms with van der Waals surface area (Å²) in [5.41, 5.74) is 6.40. The van der Waals surface area contributed by atoms with Crippen molar-refractivity contribution in [3.63, 3.8) is 0 Å². The number of aliphatic carboxylic acids is 1. The van der Waals surface area contributed by atoms with Crippen LogP contribution in [-0.2, 0) is 21.4 Å². The van der Waals surface area contributed by atoms with Crippen molar-refractivity contribution in [2.45, 2.75) is 123 Å². The van der Waals surface area contributed by atoms with Gasteiger partial charge in [0.15, 0.2) is 0 Å². The molecule has 0 spiro atoms. The van der Waals surface area contributed by atoms with Gasteiger partial charge in [-0.15, -0.1) is 0 Å². The van der Waals surface area contributed by atoms with E-state index in [9.17, 15) is 25.2 Å². The normalized spacial score (nSPS) is 37.1. The summed E-state index contributed by atoms with van der Waals surface area (Å²) in [5, 5.41) is 47.4. The van der Waals surface area contributed by atoms with E-state index in [1.165, 1.54) is 17.3 Å². The predicted molar refractivity (Wildman–Crippen MR) is 197 cm³/mol. The summed E-state index contributed by atoms with van der Waals surface area (Å²) in [5.74, 6) is -0.532. The van der Waals surface area contributed by atoms with E-state index in [4.69, 9.17) is 4.74 Å². The van der Waals surface area contributed by atoms with Crippen LogP contribution in [0.25, 0.3) is 27.4 Å². The molecule has 2 saturated carbocycles. The summed E-state index contributed by atoms with van der Waals surface area (Å²) in [6, 6.07) is 2.31. The largest absolute Gasteiger partial charge is 0.505 e. The number of hydrogen-bond acceptors (Lipinski definition) is 5. The number of aromatic hydroxyl groups is 1. The third-order valence-corrected chi connectivity index (χ3v) is 14.5. The second kappa shape index (κ2) is 10.1. The monoisotopic (exact) mass is 679 g/mol. The third-order valence-electron chi connectivity index (χ3n) is 14.5. The van der Waals surface area contributed by atoms with Gasteiger partial charge in [-0.05, 0) is 131 Å². The molecular formula is C43H53NO6. The quantitative estimate of drug-likeness (QED) is 0.163. The Hall–Kier alpha value is -3.39. The first-order chi connectivity index (χ1) is 23.2. The first-order valence-corrected chi connectivity index (χ1v) is 18.4. The highest BCUT2D eigenvalue weighted by Crippen LogP contribution is 2.71. The molecule has 8 atom stereocenters. The number of nitrogens with zero attached hydrogens (tertiary/aromatic N) is 1. The lowest BCUT2D eigenvalue weighted by atomic mass is 9.40. The van der Waals surface area contributed by atoms with E-state index in [0.717, 1.165) is 64.2 Å². The fourth-order valence-electron chi connectivity index (χ4n) is 12.5. The van der Waals surface area contributed by atoms with Gasteiger partial charge in [-0.1, -0.05) is 39.5 Å². The summed E-state index contributed by atoms with van der Waals surface area (Å²) in [6.07, 6.45) is 10.4. The number of carbonyl (C=O) groups is 1. The molecule has 8 rings (SSSR count). The van der Waals surface area contributed by atoms with E-state index < -0.39 is 34.8 Å². The number of aliphatic hydroxyl groups is 2. The van der Waals surface area contributed by atoms with Crippen molar-refractivity contribution in [3.05, 3.63) is 70.6 Å². The molecule has 0 radical (unpaired) electrons. The molecule has 7 heteroatoms. The molecular weight excluding hydrogens is 626 g/mol. The highest BCUT2D eigenvalue weighted by Gasteiger charge is 2.67. The molecule has 4 aliphatic carbocycles. The minimum absolute atomic E-state index is 0.141. The van der Waals surface area contributed by atoms with Crippen LogP contribution in [0.2, 0.25) is 0 Å². The number of hydrogen-bond donors (Lipinski definition) is 4. The number of aliphatic hydroxyl groups excluding tert-OH is 2. The minimum Gasteiger partial charge on any atom is -0.505 e. The first kappa shape index (κ1) is 33.7. The SMILES string of the molecule is C=C(C)c1c(O)c2c3c(cc4c5c(n1c42)[C@@]1(C)C(CC[C@H]2[C@](C)(C=CC(C)=CC(=O)O)[C@@H](O)CC[C@@]21C)C5)C1=CC(C)(C)OC(C)(C)C1[C@@H]3O. The second-order valence-electron chi connectivity index (χ2n) is 18.2. The van der Waals surface area contributed by atoms with E-state index in [2.05, 4.69) is 77.7 Å². The fourth-order valence-corrected chi connectivity index (χ4v) is 12.5. The number of fused-ring (bicyclic) bond motifs is 11. The van der Waals surface area contributed by atoms with Gasteiger partial charge in [0.2, 0.25) is 0 Å². The van der Waals surface area contributed by atoms with Gasteiger partial charge in [0.25, 0.3) is 0 Å². The predicted octanol–water partition coefficient (Wildman–Crippen LogP) is 8.50. The lowest BCUT2D eigenvalue weighted by molar-refractivity contribution is -0.144. The Balaban J connectivity index is 1.39. The molecule has 0 amide bonds. The Labute approximate surface area is 295 Å². The van der Waals surface area contributed by atoms with Crippen LogP contribution < -0.4 is 0 Å². The number of carboxylic acids is 1. The average Bonchev–Trinajstić information content (AvgIpc) is 3.66. The van der Waals surface area contributed by atoms with Crippen LogP contribution in [-0.4, -0.2) is 48.1 Å². The maximum Gasteiger partial charge on any atom is 0.328 e. The molecule has 0 saturated heterocycles. The van der Waals surface area contributed by atoms with Gasteiger partial charge in [-0.2, -0.15) is 0 Å². The first-order valence-electron chi connectivity index (χ1n) is 18.4. The van der Waals surface area contributed by atoms with Crippen molar-refractivity contribution in [1.29, 1.82) is 0 Å². The maximum absolute atomic E-state index is 12.3. The number of carboxylic acid groups (broad SMARTS) is 1. The van der Waals surface area contributed by atoms with Crippen LogP contribution in [0, 0.1) is 28.6 Å². The molecule has 1 aliphatic heterocycles. The van der Waals surface area contributed by atoms with Crippen molar-refractivity contribution in [2.24, 2.45) is 28.6 Å². The summed E-state index contributed by atoms with van der Waals surface area (Å²) >= 11 is 0. The number of rotatable bonds is 4. The molecule has 7 nitrogen and oxygen atoms in total. The molecule has 5 aliphatic rings. The van der Waals surface area contributed by atoms with Gasteiger partial charge in [-0.3, -0.25) is 0 Å². The number of benzene rings is 1. The topological polar surface area (TPSA) is 112 Å². The molecule has 2 unspecified atom stereocenters. The van der Waals surface area contributed by atoms with Gasteiger partial charge < -0.3 is 29.6 Å². The van der Waals surface area contributed by atoms with E-state index in [-0.39, 0.29) is 28.4 Å². The third kappa shape index (κ3) is 4.00. The zero-order valence-corrected chi connectivity index (χ0v) is 31.1. The minimum atomic E-state index is -0.977.